The molecule has 2 aromatic carbocycles. The third kappa shape index (κ3) is 4.07. The summed E-state index contributed by atoms with van der Waals surface area (Å²) in [5.74, 6) is 0.403. The van der Waals surface area contributed by atoms with Gasteiger partial charge in [0.25, 0.3) is 10.0 Å². The molecule has 0 unspecified atom stereocenters. The van der Waals surface area contributed by atoms with Gasteiger partial charge < -0.3 is 4.74 Å². The summed E-state index contributed by atoms with van der Waals surface area (Å²) < 4.78 is 32.4. The van der Waals surface area contributed by atoms with Crippen LogP contribution in [0.5, 0.6) is 5.75 Å². The van der Waals surface area contributed by atoms with E-state index < -0.39 is 10.0 Å². The Morgan fingerprint density at radius 2 is 1.84 bits per heavy atom. The molecule has 1 N–H and O–H groups in total. The molecule has 0 spiro atoms. The van der Waals surface area contributed by atoms with E-state index in [4.69, 9.17) is 27.9 Å². The fraction of sp³-hybridized carbons (Fsp3) is 0.0625. The fourth-order valence-corrected chi connectivity index (χ4v) is 4.51. The molecule has 0 aliphatic rings. The highest BCUT2D eigenvalue weighted by Crippen LogP contribution is 2.30. The molecule has 3 aromatic rings. The number of rotatable bonds is 5. The summed E-state index contributed by atoms with van der Waals surface area (Å²) in [6, 6.07) is 11.4. The van der Waals surface area contributed by atoms with Crippen molar-refractivity contribution in [1.29, 1.82) is 0 Å². The Hall–Kier alpha value is -1.80. The molecule has 0 fully saturated rings. The van der Waals surface area contributed by atoms with Gasteiger partial charge >= 0.3 is 0 Å². The first-order valence-corrected chi connectivity index (χ1v) is 10.1. The van der Waals surface area contributed by atoms with E-state index in [9.17, 15) is 8.42 Å². The van der Waals surface area contributed by atoms with Crippen molar-refractivity contribution in [3.8, 4) is 17.0 Å². The van der Waals surface area contributed by atoms with Gasteiger partial charge in [-0.2, -0.15) is 0 Å². The van der Waals surface area contributed by atoms with E-state index in [0.717, 1.165) is 5.56 Å². The van der Waals surface area contributed by atoms with Gasteiger partial charge in [0, 0.05) is 16.0 Å². The van der Waals surface area contributed by atoms with Crippen molar-refractivity contribution in [3.05, 3.63) is 57.9 Å². The third-order valence-corrected chi connectivity index (χ3v) is 6.07. The van der Waals surface area contributed by atoms with E-state index in [2.05, 4.69) is 9.71 Å². The molecule has 3 rings (SSSR count). The Morgan fingerprint density at radius 1 is 1.12 bits per heavy atom. The van der Waals surface area contributed by atoms with E-state index in [-0.39, 0.29) is 15.0 Å². The number of hydrogen-bond acceptors (Lipinski definition) is 5. The number of methoxy groups -OCH3 is 1. The highest BCUT2D eigenvalue weighted by molar-refractivity contribution is 7.93. The van der Waals surface area contributed by atoms with E-state index in [1.54, 1.807) is 17.5 Å². The third-order valence-electron chi connectivity index (χ3n) is 3.30. The normalized spacial score (nSPS) is 11.3. The van der Waals surface area contributed by atoms with Crippen LogP contribution >= 0.6 is 34.5 Å². The lowest BCUT2D eigenvalue weighted by Gasteiger charge is -2.07. The zero-order valence-electron chi connectivity index (χ0n) is 12.9. The molecular formula is C16H12Cl2N2O3S2. The number of sulfonamides is 1. The highest BCUT2D eigenvalue weighted by atomic mass is 35.5. The Morgan fingerprint density at radius 3 is 2.48 bits per heavy atom. The van der Waals surface area contributed by atoms with Crippen LogP contribution < -0.4 is 9.46 Å². The van der Waals surface area contributed by atoms with Crippen molar-refractivity contribution in [2.24, 2.45) is 0 Å². The van der Waals surface area contributed by atoms with Crippen molar-refractivity contribution < 1.29 is 13.2 Å². The lowest BCUT2D eigenvalue weighted by molar-refractivity contribution is 0.414. The van der Waals surface area contributed by atoms with Gasteiger partial charge in [0.1, 0.15) is 5.75 Å². The van der Waals surface area contributed by atoms with Crippen LogP contribution in [0.1, 0.15) is 0 Å². The molecule has 9 heteroatoms. The number of anilines is 1. The molecule has 0 amide bonds. The average molecular weight is 415 g/mol. The SMILES string of the molecule is COc1ccc(S(=O)(=O)Nc2nc(-c3ccc(Cl)cc3)cs2)cc1Cl. The first-order valence-electron chi connectivity index (χ1n) is 6.97. The summed E-state index contributed by atoms with van der Waals surface area (Å²) in [7, 11) is -2.34. The van der Waals surface area contributed by atoms with Crippen LogP contribution in [-0.4, -0.2) is 20.5 Å². The molecular weight excluding hydrogens is 403 g/mol. The average Bonchev–Trinajstić information content (AvgIpc) is 3.03. The van der Waals surface area contributed by atoms with Gasteiger partial charge in [-0.25, -0.2) is 13.4 Å². The number of ether oxygens (including phenoxy) is 1. The maximum Gasteiger partial charge on any atom is 0.263 e. The monoisotopic (exact) mass is 414 g/mol. The van der Waals surface area contributed by atoms with E-state index in [1.165, 1.54) is 36.6 Å². The second kappa shape index (κ2) is 7.21. The van der Waals surface area contributed by atoms with Gasteiger partial charge in [-0.3, -0.25) is 4.72 Å². The molecule has 0 saturated heterocycles. The quantitative estimate of drug-likeness (QED) is 0.642. The van der Waals surface area contributed by atoms with Gasteiger partial charge in [0.2, 0.25) is 0 Å². The minimum absolute atomic E-state index is 0.0292. The molecule has 1 heterocycles. The van der Waals surface area contributed by atoms with Gasteiger partial charge in [-0.15, -0.1) is 11.3 Å². The highest BCUT2D eigenvalue weighted by Gasteiger charge is 2.18. The first kappa shape index (κ1) is 18.0. The van der Waals surface area contributed by atoms with Crippen LogP contribution in [0.15, 0.2) is 52.7 Å². The van der Waals surface area contributed by atoms with Crippen LogP contribution in [0.2, 0.25) is 10.0 Å². The number of nitrogens with zero attached hydrogens (tertiary/aromatic N) is 1. The summed E-state index contributed by atoms with van der Waals surface area (Å²) in [6.45, 7) is 0. The number of benzene rings is 2. The van der Waals surface area contributed by atoms with Gasteiger partial charge in [0.05, 0.1) is 22.7 Å². The zero-order chi connectivity index (χ0) is 18.0. The van der Waals surface area contributed by atoms with Crippen LogP contribution in [0.4, 0.5) is 5.13 Å². The molecule has 5 nitrogen and oxygen atoms in total. The predicted octanol–water partition coefficient (Wildman–Crippen LogP) is 4.93. The molecule has 0 radical (unpaired) electrons. The van der Waals surface area contributed by atoms with Crippen molar-refractivity contribution in [3.63, 3.8) is 0 Å². The van der Waals surface area contributed by atoms with Crippen LogP contribution in [0.3, 0.4) is 0 Å². The Kier molecular flexibility index (Phi) is 5.19. The zero-order valence-corrected chi connectivity index (χ0v) is 16.0. The minimum Gasteiger partial charge on any atom is -0.495 e. The topological polar surface area (TPSA) is 68.3 Å². The second-order valence-electron chi connectivity index (χ2n) is 4.95. The maximum atomic E-state index is 12.5. The van der Waals surface area contributed by atoms with Crippen molar-refractivity contribution in [2.45, 2.75) is 4.90 Å². The Labute approximate surface area is 159 Å². The van der Waals surface area contributed by atoms with Crippen LogP contribution in [0.25, 0.3) is 11.3 Å². The lowest BCUT2D eigenvalue weighted by atomic mass is 10.2. The second-order valence-corrected chi connectivity index (χ2v) is 8.33. The molecule has 0 saturated carbocycles. The summed E-state index contributed by atoms with van der Waals surface area (Å²) in [5.41, 5.74) is 1.51. The molecule has 0 aliphatic heterocycles. The Balaban J connectivity index is 1.84. The van der Waals surface area contributed by atoms with Gasteiger partial charge in [-0.05, 0) is 30.3 Å². The number of halogens is 2. The number of thiazole rings is 1. The fourth-order valence-electron chi connectivity index (χ4n) is 2.06. The predicted molar refractivity (Wildman–Crippen MR) is 101 cm³/mol. The van der Waals surface area contributed by atoms with Crippen molar-refractivity contribution in [1.82, 2.24) is 4.98 Å². The Bertz CT molecular complexity index is 1000. The minimum atomic E-state index is -3.80. The molecule has 0 aliphatic carbocycles. The molecule has 0 atom stereocenters. The van der Waals surface area contributed by atoms with E-state index in [1.807, 2.05) is 12.1 Å². The van der Waals surface area contributed by atoms with Crippen molar-refractivity contribution in [2.75, 3.05) is 11.8 Å². The summed E-state index contributed by atoms with van der Waals surface area (Å²) in [4.78, 5) is 4.33. The smallest absolute Gasteiger partial charge is 0.263 e. The number of nitrogens with one attached hydrogen (secondary N) is 1. The molecule has 1 aromatic heterocycles. The van der Waals surface area contributed by atoms with Gasteiger partial charge in [0.15, 0.2) is 5.13 Å². The summed E-state index contributed by atoms with van der Waals surface area (Å²) in [6.07, 6.45) is 0. The molecule has 130 valence electrons. The van der Waals surface area contributed by atoms with Crippen molar-refractivity contribution >= 4 is 49.7 Å². The maximum absolute atomic E-state index is 12.5. The first-order chi connectivity index (χ1) is 11.9. The standard InChI is InChI=1S/C16H12Cl2N2O3S2/c1-23-15-7-6-12(8-13(15)18)25(21,22)20-16-19-14(9-24-16)10-2-4-11(17)5-3-10/h2-9H,1H3,(H,19,20). The van der Waals surface area contributed by atoms with Crippen LogP contribution in [-0.2, 0) is 10.0 Å². The number of aromatic nitrogens is 1. The van der Waals surface area contributed by atoms with Gasteiger partial charge in [-0.1, -0.05) is 35.3 Å². The molecule has 0 bridgehead atoms. The van der Waals surface area contributed by atoms with Crippen LogP contribution in [0, 0.1) is 0 Å². The summed E-state index contributed by atoms with van der Waals surface area (Å²) >= 11 is 13.0. The number of hydrogen-bond donors (Lipinski definition) is 1. The largest absolute Gasteiger partial charge is 0.495 e. The summed E-state index contributed by atoms with van der Waals surface area (Å²) in [5, 5.41) is 2.86. The van der Waals surface area contributed by atoms with E-state index in [0.29, 0.717) is 16.5 Å². The van der Waals surface area contributed by atoms with E-state index >= 15 is 0 Å². The lowest BCUT2D eigenvalue weighted by Crippen LogP contribution is -2.12. The molecule has 25 heavy (non-hydrogen) atoms.